The highest BCUT2D eigenvalue weighted by molar-refractivity contribution is 5.92. The van der Waals surface area contributed by atoms with Crippen LogP contribution in [0.2, 0.25) is 0 Å². The number of halogens is 4. The zero-order valence-corrected chi connectivity index (χ0v) is 14.6. The Hall–Kier alpha value is -2.13. The third-order valence-electron chi connectivity index (χ3n) is 4.29. The minimum absolute atomic E-state index is 0. The van der Waals surface area contributed by atoms with Gasteiger partial charge in [-0.1, -0.05) is 17.3 Å². The van der Waals surface area contributed by atoms with Crippen LogP contribution < -0.4 is 11.1 Å². The highest BCUT2D eigenvalue weighted by Gasteiger charge is 2.34. The number of carbonyl (C=O) groups excluding carboxylic acids is 1. The van der Waals surface area contributed by atoms with Crippen LogP contribution in [-0.2, 0) is 6.18 Å². The largest absolute Gasteiger partial charge is 0.418 e. The monoisotopic (exact) mass is 389 g/mol. The Morgan fingerprint density at radius 2 is 1.85 bits per heavy atom. The van der Waals surface area contributed by atoms with E-state index < -0.39 is 17.6 Å². The predicted molar refractivity (Wildman–Crippen MR) is 91.3 cm³/mol. The third-order valence-corrected chi connectivity index (χ3v) is 4.29. The van der Waals surface area contributed by atoms with Gasteiger partial charge in [-0.3, -0.25) is 4.79 Å². The number of hydrogen-bond donors (Lipinski definition) is 2. The number of nitrogens with one attached hydrogen (secondary N) is 1. The van der Waals surface area contributed by atoms with Crippen molar-refractivity contribution in [2.45, 2.75) is 43.9 Å². The number of para-hydroxylation sites is 1. The Kier molecular flexibility index (Phi) is 6.25. The molecule has 1 fully saturated rings. The molecule has 0 aliphatic heterocycles. The summed E-state index contributed by atoms with van der Waals surface area (Å²) in [7, 11) is 0. The van der Waals surface area contributed by atoms with E-state index >= 15 is 0 Å². The second-order valence-corrected chi connectivity index (χ2v) is 6.15. The van der Waals surface area contributed by atoms with E-state index in [9.17, 15) is 18.0 Å². The second-order valence-electron chi connectivity index (χ2n) is 6.15. The molecule has 1 aromatic carbocycles. The van der Waals surface area contributed by atoms with Crippen molar-refractivity contribution in [3.05, 3.63) is 41.7 Å². The Balaban J connectivity index is 0.00000243. The maximum Gasteiger partial charge on any atom is 0.418 e. The first kappa shape index (κ1) is 20.2. The highest BCUT2D eigenvalue weighted by atomic mass is 35.5. The number of benzene rings is 1. The molecule has 10 heteroatoms. The van der Waals surface area contributed by atoms with Crippen molar-refractivity contribution in [3.8, 4) is 5.69 Å². The number of hydrogen-bond acceptors (Lipinski definition) is 4. The van der Waals surface area contributed by atoms with E-state index in [1.54, 1.807) is 0 Å². The van der Waals surface area contributed by atoms with Gasteiger partial charge >= 0.3 is 6.18 Å². The van der Waals surface area contributed by atoms with Crippen LogP contribution in [0.5, 0.6) is 0 Å². The van der Waals surface area contributed by atoms with Crippen molar-refractivity contribution in [1.82, 2.24) is 20.3 Å². The summed E-state index contributed by atoms with van der Waals surface area (Å²) in [5, 5.41) is 10.2. The third kappa shape index (κ3) is 4.53. The van der Waals surface area contributed by atoms with Gasteiger partial charge in [-0.2, -0.15) is 13.2 Å². The summed E-state index contributed by atoms with van der Waals surface area (Å²) in [6, 6.07) is 5.17. The van der Waals surface area contributed by atoms with Gasteiger partial charge in [-0.15, -0.1) is 17.5 Å². The van der Waals surface area contributed by atoms with E-state index in [-0.39, 0.29) is 35.9 Å². The van der Waals surface area contributed by atoms with Gasteiger partial charge in [-0.05, 0) is 37.8 Å². The fourth-order valence-corrected chi connectivity index (χ4v) is 2.92. The highest BCUT2D eigenvalue weighted by Crippen LogP contribution is 2.33. The number of nitrogens with zero attached hydrogens (tertiary/aromatic N) is 3. The number of aromatic nitrogens is 3. The van der Waals surface area contributed by atoms with Crippen molar-refractivity contribution in [2.75, 3.05) is 0 Å². The molecule has 1 saturated carbocycles. The van der Waals surface area contributed by atoms with Crippen molar-refractivity contribution in [1.29, 1.82) is 0 Å². The van der Waals surface area contributed by atoms with Crippen LogP contribution >= 0.6 is 12.4 Å². The van der Waals surface area contributed by atoms with Gasteiger partial charge < -0.3 is 11.1 Å². The molecule has 0 atom stereocenters. The topological polar surface area (TPSA) is 85.8 Å². The SMILES string of the molecule is Cl.NC1CCC(NC(=O)c2cn(-c3ccccc3C(F)(F)F)nn2)CC1. The lowest BCUT2D eigenvalue weighted by atomic mass is 9.92. The first-order valence-electron chi connectivity index (χ1n) is 8.00. The summed E-state index contributed by atoms with van der Waals surface area (Å²) in [5.74, 6) is -0.448. The van der Waals surface area contributed by atoms with E-state index in [1.807, 2.05) is 0 Å². The zero-order chi connectivity index (χ0) is 18.0. The normalized spacial score (nSPS) is 20.3. The molecule has 0 bridgehead atoms. The lowest BCUT2D eigenvalue weighted by Crippen LogP contribution is -2.40. The molecule has 0 radical (unpaired) electrons. The van der Waals surface area contributed by atoms with Gasteiger partial charge in [-0.25, -0.2) is 4.68 Å². The van der Waals surface area contributed by atoms with Crippen LogP contribution in [0.15, 0.2) is 30.5 Å². The molecule has 2 aromatic rings. The minimum atomic E-state index is -4.52. The van der Waals surface area contributed by atoms with E-state index in [4.69, 9.17) is 5.73 Å². The first-order chi connectivity index (χ1) is 11.8. The zero-order valence-electron chi connectivity index (χ0n) is 13.7. The summed E-state index contributed by atoms with van der Waals surface area (Å²) in [4.78, 5) is 12.2. The van der Waals surface area contributed by atoms with Crippen LogP contribution in [0.1, 0.15) is 41.7 Å². The second kappa shape index (κ2) is 8.05. The van der Waals surface area contributed by atoms with Gasteiger partial charge in [0.15, 0.2) is 5.69 Å². The number of amides is 1. The lowest BCUT2D eigenvalue weighted by Gasteiger charge is -2.26. The molecule has 3 N–H and O–H groups in total. The molecule has 6 nitrogen and oxygen atoms in total. The van der Waals surface area contributed by atoms with Crippen molar-refractivity contribution in [3.63, 3.8) is 0 Å². The quantitative estimate of drug-likeness (QED) is 0.845. The summed E-state index contributed by atoms with van der Waals surface area (Å²) in [5.41, 5.74) is 4.79. The van der Waals surface area contributed by atoms with Gasteiger partial charge in [0.05, 0.1) is 17.4 Å². The van der Waals surface area contributed by atoms with Crippen LogP contribution in [0.3, 0.4) is 0 Å². The maximum atomic E-state index is 13.1. The van der Waals surface area contributed by atoms with Gasteiger partial charge in [0, 0.05) is 12.1 Å². The number of nitrogens with two attached hydrogens (primary N) is 1. The Labute approximate surface area is 154 Å². The maximum absolute atomic E-state index is 13.1. The summed E-state index contributed by atoms with van der Waals surface area (Å²) >= 11 is 0. The average Bonchev–Trinajstić information content (AvgIpc) is 3.06. The molecule has 1 aliphatic carbocycles. The molecule has 1 amide bonds. The summed E-state index contributed by atoms with van der Waals surface area (Å²) in [6.07, 6.45) is -0.108. The molecule has 1 aromatic heterocycles. The fraction of sp³-hybridized carbons (Fsp3) is 0.438. The number of carbonyl (C=O) groups is 1. The Morgan fingerprint density at radius 1 is 1.19 bits per heavy atom. The predicted octanol–water partition coefficient (Wildman–Crippen LogP) is 2.71. The molecule has 1 heterocycles. The van der Waals surface area contributed by atoms with Crippen molar-refractivity contribution >= 4 is 18.3 Å². The molecular weight excluding hydrogens is 371 g/mol. The molecule has 0 unspecified atom stereocenters. The fourth-order valence-electron chi connectivity index (χ4n) is 2.92. The molecule has 0 spiro atoms. The molecule has 1 aliphatic rings. The van der Waals surface area contributed by atoms with Crippen molar-refractivity contribution < 1.29 is 18.0 Å². The van der Waals surface area contributed by atoms with Crippen LogP contribution in [0.25, 0.3) is 5.69 Å². The first-order valence-corrected chi connectivity index (χ1v) is 8.00. The van der Waals surface area contributed by atoms with Gasteiger partial charge in [0.2, 0.25) is 0 Å². The number of alkyl halides is 3. The molecule has 26 heavy (non-hydrogen) atoms. The Morgan fingerprint density at radius 3 is 2.50 bits per heavy atom. The summed E-state index contributed by atoms with van der Waals surface area (Å²) < 4.78 is 40.2. The van der Waals surface area contributed by atoms with Crippen LogP contribution in [-0.4, -0.2) is 33.0 Å². The average molecular weight is 390 g/mol. The van der Waals surface area contributed by atoms with Crippen LogP contribution in [0, 0.1) is 0 Å². The van der Waals surface area contributed by atoms with Gasteiger partial charge in [0.25, 0.3) is 5.91 Å². The minimum Gasteiger partial charge on any atom is -0.348 e. The van der Waals surface area contributed by atoms with Crippen LogP contribution in [0.4, 0.5) is 13.2 Å². The molecular formula is C16H19ClF3N5O. The summed E-state index contributed by atoms with van der Waals surface area (Å²) in [6.45, 7) is 0. The van der Waals surface area contributed by atoms with Gasteiger partial charge in [0.1, 0.15) is 0 Å². The number of rotatable bonds is 3. The van der Waals surface area contributed by atoms with E-state index in [1.165, 1.54) is 24.4 Å². The van der Waals surface area contributed by atoms with E-state index in [0.29, 0.717) is 0 Å². The molecule has 0 saturated heterocycles. The van der Waals surface area contributed by atoms with E-state index in [0.717, 1.165) is 36.4 Å². The standard InChI is InChI=1S/C16H18F3N5O.ClH/c17-16(18,19)12-3-1-2-4-14(12)24-9-13(22-23-24)15(25)21-11-7-5-10(20)6-8-11;/h1-4,9-11H,5-8,20H2,(H,21,25);1H. The Bertz CT molecular complexity index is 756. The van der Waals surface area contributed by atoms with E-state index in [2.05, 4.69) is 15.6 Å². The molecule has 142 valence electrons. The lowest BCUT2D eigenvalue weighted by molar-refractivity contribution is -0.137. The smallest absolute Gasteiger partial charge is 0.348 e. The molecule has 3 rings (SSSR count). The van der Waals surface area contributed by atoms with Crippen molar-refractivity contribution in [2.24, 2.45) is 5.73 Å².